The molecule has 0 radical (unpaired) electrons. The van der Waals surface area contributed by atoms with Gasteiger partial charge in [-0.05, 0) is 25.0 Å². The maximum Gasteiger partial charge on any atom is 0.0366 e. The van der Waals surface area contributed by atoms with E-state index in [9.17, 15) is 0 Å². The van der Waals surface area contributed by atoms with Crippen LogP contribution in [0.15, 0.2) is 30.3 Å². The van der Waals surface area contributed by atoms with Gasteiger partial charge in [-0.25, -0.2) is 0 Å². The van der Waals surface area contributed by atoms with Gasteiger partial charge in [0.15, 0.2) is 0 Å². The van der Waals surface area contributed by atoms with Gasteiger partial charge in [0.25, 0.3) is 0 Å². The second kappa shape index (κ2) is 34.8. The molecule has 1 nitrogen and oxygen atoms in total. The molecule has 0 saturated carbocycles. The largest absolute Gasteiger partial charge is 0.372 e. The van der Waals surface area contributed by atoms with E-state index in [2.05, 4.69) is 49.1 Å². The van der Waals surface area contributed by atoms with Gasteiger partial charge in [-0.2, -0.15) is 0 Å². The van der Waals surface area contributed by atoms with Crippen molar-refractivity contribution in [2.75, 3.05) is 18.0 Å². The second-order valence-corrected chi connectivity index (χ2v) is 13.2. The van der Waals surface area contributed by atoms with Crippen molar-refractivity contribution in [1.29, 1.82) is 0 Å². The number of rotatable bonds is 33. The summed E-state index contributed by atoms with van der Waals surface area (Å²) in [5.41, 5.74) is 1.43. The summed E-state index contributed by atoms with van der Waals surface area (Å²) in [6.45, 7) is 7.09. The summed E-state index contributed by atoms with van der Waals surface area (Å²) in [7, 11) is 0. The molecule has 0 spiro atoms. The van der Waals surface area contributed by atoms with Crippen molar-refractivity contribution in [1.82, 2.24) is 0 Å². The molecule has 1 aromatic carbocycles. The molecule has 0 N–H and O–H groups in total. The molecule has 0 fully saturated rings. The van der Waals surface area contributed by atoms with E-state index in [4.69, 9.17) is 0 Å². The van der Waals surface area contributed by atoms with Gasteiger partial charge in [-0.1, -0.05) is 212 Å². The molecule has 0 amide bonds. The fourth-order valence-corrected chi connectivity index (χ4v) is 6.36. The van der Waals surface area contributed by atoms with Crippen LogP contribution in [0.3, 0.4) is 0 Å². The third kappa shape index (κ3) is 28.1. The molecular formula is C40H76ClN. The average Bonchev–Trinajstić information content (AvgIpc) is 3.00. The zero-order valence-corrected chi connectivity index (χ0v) is 29.7. The minimum Gasteiger partial charge on any atom is -0.372 e. The Labute approximate surface area is 272 Å². The lowest BCUT2D eigenvalue weighted by atomic mass is 10.0. The van der Waals surface area contributed by atoms with Gasteiger partial charge < -0.3 is 4.90 Å². The zero-order valence-electron chi connectivity index (χ0n) is 28.9. The van der Waals surface area contributed by atoms with Crippen LogP contribution in [-0.2, 0) is 0 Å². The van der Waals surface area contributed by atoms with Crippen LogP contribution in [0.1, 0.15) is 206 Å². The average molecular weight is 607 g/mol. The molecular weight excluding hydrogens is 530 g/mol. The normalized spacial score (nSPS) is 11.1. The smallest absolute Gasteiger partial charge is 0.0366 e. The van der Waals surface area contributed by atoms with E-state index in [1.807, 2.05) is 0 Å². The number of hydrogen-bond donors (Lipinski definition) is 0. The first kappa shape index (κ1) is 41.3. The van der Waals surface area contributed by atoms with E-state index in [-0.39, 0.29) is 12.4 Å². The van der Waals surface area contributed by atoms with Crippen LogP contribution in [0, 0.1) is 0 Å². The highest BCUT2D eigenvalue weighted by molar-refractivity contribution is 5.85. The minimum absolute atomic E-state index is 0. The Balaban J connectivity index is 0.0000168. The van der Waals surface area contributed by atoms with Crippen LogP contribution >= 0.6 is 12.4 Å². The Morgan fingerprint density at radius 3 is 0.833 bits per heavy atom. The van der Waals surface area contributed by atoms with Crippen molar-refractivity contribution in [3.05, 3.63) is 30.3 Å². The van der Waals surface area contributed by atoms with Crippen molar-refractivity contribution in [2.45, 2.75) is 206 Å². The summed E-state index contributed by atoms with van der Waals surface area (Å²) >= 11 is 0. The third-order valence-electron chi connectivity index (χ3n) is 9.18. The topological polar surface area (TPSA) is 3.24 Å². The van der Waals surface area contributed by atoms with Gasteiger partial charge >= 0.3 is 0 Å². The Morgan fingerprint density at radius 2 is 0.571 bits per heavy atom. The monoisotopic (exact) mass is 606 g/mol. The standard InChI is InChI=1S/C40H75N.ClH/c1-3-5-7-9-11-13-15-17-19-21-23-25-27-29-34-38-41(40-36-32-31-33-37-40)39-35-30-28-26-24-22-20-18-16-14-12-10-8-6-4-2;/h31-33,36-37H,3-30,34-35,38-39H2,1-2H3;1H. The van der Waals surface area contributed by atoms with E-state index in [1.54, 1.807) is 0 Å². The summed E-state index contributed by atoms with van der Waals surface area (Å²) in [5.74, 6) is 0. The van der Waals surface area contributed by atoms with Crippen molar-refractivity contribution in [2.24, 2.45) is 0 Å². The Bertz CT molecular complexity index is 569. The van der Waals surface area contributed by atoms with Crippen LogP contribution in [0.2, 0.25) is 0 Å². The number of halogens is 1. The summed E-state index contributed by atoms with van der Waals surface area (Å²) in [4.78, 5) is 2.67. The van der Waals surface area contributed by atoms with Crippen LogP contribution in [0.4, 0.5) is 5.69 Å². The lowest BCUT2D eigenvalue weighted by molar-refractivity contribution is 0.526. The first-order chi connectivity index (χ1) is 20.4. The molecule has 1 rings (SSSR count). The first-order valence-corrected chi connectivity index (χ1v) is 19.2. The number of nitrogens with zero attached hydrogens (tertiary/aromatic N) is 1. The minimum atomic E-state index is 0. The molecule has 2 heteroatoms. The van der Waals surface area contributed by atoms with Gasteiger partial charge in [0.2, 0.25) is 0 Å². The predicted octanol–water partition coefficient (Wildman–Crippen LogP) is 14.7. The Kier molecular flexibility index (Phi) is 34.2. The lowest BCUT2D eigenvalue weighted by Crippen LogP contribution is -2.25. The molecule has 0 unspecified atom stereocenters. The van der Waals surface area contributed by atoms with Gasteiger partial charge in [-0.3, -0.25) is 0 Å². The van der Waals surface area contributed by atoms with E-state index in [0.717, 1.165) is 0 Å². The SMILES string of the molecule is CCCCCCCCCCCCCCCCCN(CCCCCCCCCCCCCCCCC)c1ccccc1.Cl. The van der Waals surface area contributed by atoms with Gasteiger partial charge in [0, 0.05) is 18.8 Å². The maximum atomic E-state index is 2.67. The third-order valence-corrected chi connectivity index (χ3v) is 9.18. The summed E-state index contributed by atoms with van der Waals surface area (Å²) < 4.78 is 0. The quantitative estimate of drug-likeness (QED) is 0.0720. The lowest BCUT2D eigenvalue weighted by Gasteiger charge is -2.25. The van der Waals surface area contributed by atoms with Crippen LogP contribution in [-0.4, -0.2) is 13.1 Å². The molecule has 0 aromatic heterocycles. The number of unbranched alkanes of at least 4 members (excludes halogenated alkanes) is 28. The molecule has 0 heterocycles. The fraction of sp³-hybridized carbons (Fsp3) is 0.850. The summed E-state index contributed by atoms with van der Waals surface area (Å²) in [6.07, 6.45) is 43.3. The molecule has 0 bridgehead atoms. The number of anilines is 1. The van der Waals surface area contributed by atoms with E-state index in [1.165, 1.54) is 211 Å². The molecule has 0 saturated heterocycles. The van der Waals surface area contributed by atoms with E-state index >= 15 is 0 Å². The summed E-state index contributed by atoms with van der Waals surface area (Å²) in [6, 6.07) is 11.2. The number of para-hydroxylation sites is 1. The zero-order chi connectivity index (χ0) is 29.3. The van der Waals surface area contributed by atoms with Gasteiger partial charge in [0.05, 0.1) is 0 Å². The molecule has 1 aromatic rings. The van der Waals surface area contributed by atoms with Crippen molar-refractivity contribution >= 4 is 18.1 Å². The Morgan fingerprint density at radius 1 is 0.333 bits per heavy atom. The van der Waals surface area contributed by atoms with Crippen LogP contribution in [0.5, 0.6) is 0 Å². The van der Waals surface area contributed by atoms with Crippen LogP contribution < -0.4 is 4.90 Å². The highest BCUT2D eigenvalue weighted by Gasteiger charge is 2.06. The van der Waals surface area contributed by atoms with Crippen molar-refractivity contribution in [3.8, 4) is 0 Å². The molecule has 0 atom stereocenters. The molecule has 42 heavy (non-hydrogen) atoms. The van der Waals surface area contributed by atoms with Gasteiger partial charge in [-0.15, -0.1) is 12.4 Å². The predicted molar refractivity (Wildman–Crippen MR) is 196 cm³/mol. The highest BCUT2D eigenvalue weighted by atomic mass is 35.5. The number of benzene rings is 1. The highest BCUT2D eigenvalue weighted by Crippen LogP contribution is 2.18. The molecule has 0 aliphatic rings. The molecule has 0 aliphatic heterocycles. The first-order valence-electron chi connectivity index (χ1n) is 19.2. The van der Waals surface area contributed by atoms with Crippen molar-refractivity contribution < 1.29 is 0 Å². The van der Waals surface area contributed by atoms with Crippen molar-refractivity contribution in [3.63, 3.8) is 0 Å². The number of hydrogen-bond acceptors (Lipinski definition) is 1. The Hall–Kier alpha value is -0.690. The molecule has 0 aliphatic carbocycles. The van der Waals surface area contributed by atoms with E-state index in [0.29, 0.717) is 0 Å². The van der Waals surface area contributed by atoms with Gasteiger partial charge in [0.1, 0.15) is 0 Å². The molecule has 248 valence electrons. The second-order valence-electron chi connectivity index (χ2n) is 13.2. The maximum absolute atomic E-state index is 2.67. The summed E-state index contributed by atoms with van der Waals surface area (Å²) in [5, 5.41) is 0. The fourth-order valence-electron chi connectivity index (χ4n) is 6.36. The van der Waals surface area contributed by atoms with E-state index < -0.39 is 0 Å². The van der Waals surface area contributed by atoms with Crippen LogP contribution in [0.25, 0.3) is 0 Å².